The third-order valence-electron chi connectivity index (χ3n) is 2.15. The number of fused-ring (bicyclic) bond motifs is 1. The van der Waals surface area contributed by atoms with Crippen LogP contribution < -0.4 is 4.74 Å². The molecule has 0 atom stereocenters. The number of benzene rings is 1. The van der Waals surface area contributed by atoms with E-state index in [1.54, 1.807) is 6.20 Å². The molecule has 0 unspecified atom stereocenters. The summed E-state index contributed by atoms with van der Waals surface area (Å²) >= 11 is 6.08. The van der Waals surface area contributed by atoms with E-state index in [2.05, 4.69) is 11.6 Å². The molecule has 1 heterocycles. The van der Waals surface area contributed by atoms with Gasteiger partial charge < -0.3 is 4.74 Å². The lowest BCUT2D eigenvalue weighted by Gasteiger charge is -2.09. The summed E-state index contributed by atoms with van der Waals surface area (Å²) in [6.07, 6.45) is 1.73. The average molecular weight is 234 g/mol. The Hall–Kier alpha value is -1.54. The van der Waals surface area contributed by atoms with Crippen molar-refractivity contribution in [2.75, 3.05) is 6.61 Å². The van der Waals surface area contributed by atoms with Crippen LogP contribution in [-0.4, -0.2) is 11.6 Å². The zero-order chi connectivity index (χ0) is 11.5. The van der Waals surface area contributed by atoms with Crippen molar-refractivity contribution < 1.29 is 4.74 Å². The summed E-state index contributed by atoms with van der Waals surface area (Å²) in [5.74, 6) is 0.739. The van der Waals surface area contributed by atoms with Crippen molar-refractivity contribution in [1.29, 1.82) is 0 Å². The lowest BCUT2D eigenvalue weighted by molar-refractivity contribution is 0.356. The third-order valence-corrected chi connectivity index (χ3v) is 2.48. The molecule has 0 N–H and O–H groups in total. The summed E-state index contributed by atoms with van der Waals surface area (Å²) < 4.78 is 5.62. The lowest BCUT2D eigenvalue weighted by atomic mass is 10.2. The van der Waals surface area contributed by atoms with Crippen LogP contribution in [-0.2, 0) is 0 Å². The van der Waals surface area contributed by atoms with Gasteiger partial charge in [-0.2, -0.15) is 0 Å². The van der Waals surface area contributed by atoms with Crippen molar-refractivity contribution in [2.24, 2.45) is 0 Å². The van der Waals surface area contributed by atoms with E-state index in [1.165, 1.54) is 0 Å². The summed E-state index contributed by atoms with van der Waals surface area (Å²) in [5.41, 5.74) is 1.76. The average Bonchev–Trinajstić information content (AvgIpc) is 2.28. The van der Waals surface area contributed by atoms with E-state index in [0.29, 0.717) is 11.6 Å². The predicted octanol–water partition coefficient (Wildman–Crippen LogP) is 3.84. The molecule has 0 saturated heterocycles. The van der Waals surface area contributed by atoms with Crippen LogP contribution in [0.2, 0.25) is 5.02 Å². The Balaban J connectivity index is 2.46. The highest BCUT2D eigenvalue weighted by atomic mass is 35.5. The highest BCUT2D eigenvalue weighted by Gasteiger charge is 2.06. The monoisotopic (exact) mass is 233 g/mol. The molecule has 2 rings (SSSR count). The van der Waals surface area contributed by atoms with Gasteiger partial charge in [0.15, 0.2) is 0 Å². The van der Waals surface area contributed by atoms with Gasteiger partial charge in [0, 0.05) is 11.6 Å². The maximum atomic E-state index is 6.08. The molecule has 16 heavy (non-hydrogen) atoms. The second kappa shape index (κ2) is 4.54. The van der Waals surface area contributed by atoms with E-state index in [-0.39, 0.29) is 0 Å². The number of hydrogen-bond acceptors (Lipinski definition) is 2. The van der Waals surface area contributed by atoms with Crippen LogP contribution in [0.5, 0.6) is 5.75 Å². The van der Waals surface area contributed by atoms with Crippen LogP contribution in [0, 0.1) is 0 Å². The standard InChI is InChI=1S/C13H12ClNO/c1-9(2)8-16-12-6-5-11(14)10-4-3-7-15-13(10)12/h3-7H,1,8H2,2H3. The lowest BCUT2D eigenvalue weighted by Crippen LogP contribution is -1.98. The Morgan fingerprint density at radius 1 is 1.44 bits per heavy atom. The summed E-state index contributed by atoms with van der Waals surface area (Å²) in [6, 6.07) is 7.44. The van der Waals surface area contributed by atoms with Gasteiger partial charge >= 0.3 is 0 Å². The van der Waals surface area contributed by atoms with Crippen molar-refractivity contribution in [3.8, 4) is 5.75 Å². The number of nitrogens with zero attached hydrogens (tertiary/aromatic N) is 1. The van der Waals surface area contributed by atoms with E-state index < -0.39 is 0 Å². The van der Waals surface area contributed by atoms with Crippen molar-refractivity contribution in [3.05, 3.63) is 47.6 Å². The van der Waals surface area contributed by atoms with Gasteiger partial charge in [-0.05, 0) is 36.8 Å². The van der Waals surface area contributed by atoms with Gasteiger partial charge in [0.25, 0.3) is 0 Å². The second-order valence-corrected chi connectivity index (χ2v) is 4.10. The number of rotatable bonds is 3. The molecule has 2 aromatic rings. The third kappa shape index (κ3) is 2.17. The minimum Gasteiger partial charge on any atom is -0.487 e. The van der Waals surface area contributed by atoms with Gasteiger partial charge in [-0.15, -0.1) is 0 Å². The fraction of sp³-hybridized carbons (Fsp3) is 0.154. The summed E-state index contributed by atoms with van der Waals surface area (Å²) in [7, 11) is 0. The van der Waals surface area contributed by atoms with Crippen molar-refractivity contribution >= 4 is 22.5 Å². The topological polar surface area (TPSA) is 22.1 Å². The molecule has 0 radical (unpaired) electrons. The largest absolute Gasteiger partial charge is 0.487 e. The van der Waals surface area contributed by atoms with E-state index in [4.69, 9.17) is 16.3 Å². The van der Waals surface area contributed by atoms with Gasteiger partial charge in [0.1, 0.15) is 17.9 Å². The molecule has 0 bridgehead atoms. The molecule has 0 spiro atoms. The first-order valence-corrected chi connectivity index (χ1v) is 5.36. The molecule has 3 heteroatoms. The van der Waals surface area contributed by atoms with Gasteiger partial charge in [0.05, 0.1) is 5.02 Å². The molecule has 1 aromatic heterocycles. The van der Waals surface area contributed by atoms with Gasteiger partial charge in [-0.1, -0.05) is 18.2 Å². The molecule has 0 saturated carbocycles. The molecule has 0 aliphatic heterocycles. The normalized spacial score (nSPS) is 10.4. The molecule has 0 aliphatic carbocycles. The first-order chi connectivity index (χ1) is 7.68. The van der Waals surface area contributed by atoms with Gasteiger partial charge in [-0.3, -0.25) is 4.98 Å². The van der Waals surface area contributed by atoms with E-state index in [1.807, 2.05) is 31.2 Å². The van der Waals surface area contributed by atoms with Crippen LogP contribution in [0.1, 0.15) is 6.92 Å². The Bertz CT molecular complexity index is 536. The molecule has 0 amide bonds. The first-order valence-electron chi connectivity index (χ1n) is 4.99. The quantitative estimate of drug-likeness (QED) is 0.752. The Morgan fingerprint density at radius 2 is 2.25 bits per heavy atom. The zero-order valence-corrected chi connectivity index (χ0v) is 9.79. The fourth-order valence-electron chi connectivity index (χ4n) is 1.43. The van der Waals surface area contributed by atoms with Crippen molar-refractivity contribution in [3.63, 3.8) is 0 Å². The number of hydrogen-bond donors (Lipinski definition) is 0. The maximum absolute atomic E-state index is 6.08. The van der Waals surface area contributed by atoms with E-state index in [0.717, 1.165) is 22.2 Å². The molecular weight excluding hydrogens is 222 g/mol. The molecule has 0 aliphatic rings. The summed E-state index contributed by atoms with van der Waals surface area (Å²) in [5, 5.41) is 1.59. The minimum atomic E-state index is 0.493. The zero-order valence-electron chi connectivity index (χ0n) is 9.03. The van der Waals surface area contributed by atoms with Crippen LogP contribution in [0.25, 0.3) is 10.9 Å². The molecule has 82 valence electrons. The van der Waals surface area contributed by atoms with Crippen LogP contribution >= 0.6 is 11.6 Å². The predicted molar refractivity (Wildman–Crippen MR) is 67.1 cm³/mol. The van der Waals surface area contributed by atoms with Gasteiger partial charge in [-0.25, -0.2) is 0 Å². The summed E-state index contributed by atoms with van der Waals surface area (Å²) in [6.45, 7) is 6.21. The highest BCUT2D eigenvalue weighted by Crippen LogP contribution is 2.29. The summed E-state index contributed by atoms with van der Waals surface area (Å²) in [4.78, 5) is 4.28. The second-order valence-electron chi connectivity index (χ2n) is 3.69. The maximum Gasteiger partial charge on any atom is 0.146 e. The number of aromatic nitrogens is 1. The smallest absolute Gasteiger partial charge is 0.146 e. The highest BCUT2D eigenvalue weighted by molar-refractivity contribution is 6.35. The molecular formula is C13H12ClNO. The van der Waals surface area contributed by atoms with Crippen LogP contribution in [0.4, 0.5) is 0 Å². The van der Waals surface area contributed by atoms with Crippen LogP contribution in [0.3, 0.4) is 0 Å². The van der Waals surface area contributed by atoms with Crippen molar-refractivity contribution in [1.82, 2.24) is 4.98 Å². The number of pyridine rings is 1. The number of halogens is 1. The SMILES string of the molecule is C=C(C)COc1ccc(Cl)c2cccnc12. The molecule has 1 aromatic carbocycles. The van der Waals surface area contributed by atoms with Gasteiger partial charge in [0.2, 0.25) is 0 Å². The van der Waals surface area contributed by atoms with E-state index in [9.17, 15) is 0 Å². The minimum absolute atomic E-state index is 0.493. The number of ether oxygens (including phenoxy) is 1. The molecule has 2 nitrogen and oxygen atoms in total. The first kappa shape index (κ1) is 11.0. The molecule has 0 fully saturated rings. The van der Waals surface area contributed by atoms with Crippen molar-refractivity contribution in [2.45, 2.75) is 6.92 Å². The van der Waals surface area contributed by atoms with Crippen LogP contribution in [0.15, 0.2) is 42.6 Å². The Kier molecular flexibility index (Phi) is 3.11. The van der Waals surface area contributed by atoms with E-state index >= 15 is 0 Å². The Morgan fingerprint density at radius 3 is 3.00 bits per heavy atom. The Labute approximate surface area is 99.5 Å². The fourth-order valence-corrected chi connectivity index (χ4v) is 1.64.